The molecule has 2 atom stereocenters. The van der Waals surface area contributed by atoms with Gasteiger partial charge in [0, 0.05) is 57.5 Å². The number of fused-ring (bicyclic) bond motifs is 2. The van der Waals surface area contributed by atoms with Crippen LogP contribution in [0.1, 0.15) is 59.7 Å². The van der Waals surface area contributed by atoms with Gasteiger partial charge in [-0.15, -0.1) is 0 Å². The molecule has 0 unspecified atom stereocenters. The van der Waals surface area contributed by atoms with Gasteiger partial charge in [0.15, 0.2) is 0 Å². The SMILES string of the molecule is CCn1nc2c(c1C(=O)N1CCc3c(ccnc3N(C)C)C1)C[C@H](C)O[C@@H]2C. The van der Waals surface area contributed by atoms with E-state index < -0.39 is 0 Å². The molecule has 2 aromatic rings. The van der Waals surface area contributed by atoms with Gasteiger partial charge in [-0.2, -0.15) is 5.10 Å². The van der Waals surface area contributed by atoms with Crippen LogP contribution < -0.4 is 4.90 Å². The van der Waals surface area contributed by atoms with Gasteiger partial charge in [-0.3, -0.25) is 9.48 Å². The van der Waals surface area contributed by atoms with Crippen molar-refractivity contribution in [3.05, 3.63) is 40.3 Å². The zero-order chi connectivity index (χ0) is 20.0. The standard InChI is InChI=1S/C21H29N5O2/c1-6-26-19(17-11-13(2)28-14(3)18(17)23-26)21(27)25-10-8-16-15(12-25)7-9-22-20(16)24(4)5/h7,9,13-14H,6,8,10-12H2,1-5H3/t13-,14+/m0/s1. The molecule has 0 fully saturated rings. The molecule has 7 nitrogen and oxygen atoms in total. The monoisotopic (exact) mass is 383 g/mol. The molecular formula is C21H29N5O2. The predicted molar refractivity (Wildman–Crippen MR) is 108 cm³/mol. The summed E-state index contributed by atoms with van der Waals surface area (Å²) in [6.45, 7) is 8.10. The summed E-state index contributed by atoms with van der Waals surface area (Å²) in [6, 6.07) is 2.03. The quantitative estimate of drug-likeness (QED) is 0.815. The Morgan fingerprint density at radius 1 is 1.32 bits per heavy atom. The molecule has 150 valence electrons. The minimum Gasteiger partial charge on any atom is -0.369 e. The first kappa shape index (κ1) is 18.9. The minimum atomic E-state index is -0.0751. The second-order valence-electron chi connectivity index (χ2n) is 7.96. The normalized spacial score (nSPS) is 21.2. The first-order valence-corrected chi connectivity index (χ1v) is 10.1. The first-order chi connectivity index (χ1) is 13.4. The lowest BCUT2D eigenvalue weighted by Gasteiger charge is -2.31. The van der Waals surface area contributed by atoms with Crippen LogP contribution in [0.5, 0.6) is 0 Å². The summed E-state index contributed by atoms with van der Waals surface area (Å²) >= 11 is 0. The number of pyridine rings is 1. The van der Waals surface area contributed by atoms with Crippen molar-refractivity contribution in [2.75, 3.05) is 25.5 Å². The fourth-order valence-electron chi connectivity index (χ4n) is 4.44. The third kappa shape index (κ3) is 3.07. The molecule has 4 heterocycles. The van der Waals surface area contributed by atoms with Crippen molar-refractivity contribution in [1.82, 2.24) is 19.7 Å². The highest BCUT2D eigenvalue weighted by atomic mass is 16.5. The van der Waals surface area contributed by atoms with Crippen molar-refractivity contribution in [2.45, 2.75) is 58.9 Å². The van der Waals surface area contributed by atoms with Gasteiger partial charge in [-0.05, 0) is 38.8 Å². The molecule has 1 amide bonds. The number of aryl methyl sites for hydroxylation is 1. The van der Waals surface area contributed by atoms with E-state index >= 15 is 0 Å². The molecule has 0 radical (unpaired) electrons. The third-order valence-corrected chi connectivity index (χ3v) is 5.73. The number of carbonyl (C=O) groups is 1. The Labute approximate surface area is 166 Å². The highest BCUT2D eigenvalue weighted by Crippen LogP contribution is 2.33. The van der Waals surface area contributed by atoms with E-state index in [-0.39, 0.29) is 18.1 Å². The number of amides is 1. The van der Waals surface area contributed by atoms with E-state index in [1.807, 2.05) is 54.7 Å². The predicted octanol–water partition coefficient (Wildman–Crippen LogP) is 2.58. The van der Waals surface area contributed by atoms with Gasteiger partial charge in [0.25, 0.3) is 5.91 Å². The molecule has 2 aromatic heterocycles. The van der Waals surface area contributed by atoms with Gasteiger partial charge in [0.05, 0.1) is 17.9 Å². The summed E-state index contributed by atoms with van der Waals surface area (Å²) < 4.78 is 7.78. The molecular weight excluding hydrogens is 354 g/mol. The Balaban J connectivity index is 1.67. The van der Waals surface area contributed by atoms with Crippen LogP contribution >= 0.6 is 0 Å². The second kappa shape index (κ2) is 7.20. The van der Waals surface area contributed by atoms with Crippen LogP contribution in [-0.2, 0) is 30.7 Å². The fourth-order valence-corrected chi connectivity index (χ4v) is 4.44. The highest BCUT2D eigenvalue weighted by Gasteiger charge is 2.34. The van der Waals surface area contributed by atoms with E-state index in [4.69, 9.17) is 9.84 Å². The molecule has 4 rings (SSSR count). The minimum absolute atomic E-state index is 0.0748. The Bertz CT molecular complexity index is 904. The summed E-state index contributed by atoms with van der Waals surface area (Å²) in [5, 5.41) is 4.71. The van der Waals surface area contributed by atoms with Gasteiger partial charge in [-0.1, -0.05) is 0 Å². The maximum absolute atomic E-state index is 13.6. The highest BCUT2D eigenvalue weighted by molar-refractivity contribution is 5.94. The maximum Gasteiger partial charge on any atom is 0.272 e. The number of hydrogen-bond donors (Lipinski definition) is 0. The molecule has 0 aliphatic carbocycles. The van der Waals surface area contributed by atoms with Crippen molar-refractivity contribution in [3.8, 4) is 0 Å². The van der Waals surface area contributed by atoms with Gasteiger partial charge in [0.2, 0.25) is 0 Å². The number of rotatable bonds is 3. The molecule has 7 heteroatoms. The first-order valence-electron chi connectivity index (χ1n) is 10.1. The van der Waals surface area contributed by atoms with Crippen LogP contribution in [0, 0.1) is 0 Å². The molecule has 0 spiro atoms. The van der Waals surface area contributed by atoms with E-state index in [2.05, 4.69) is 11.9 Å². The summed E-state index contributed by atoms with van der Waals surface area (Å²) in [6.07, 6.45) is 3.41. The van der Waals surface area contributed by atoms with Gasteiger partial charge >= 0.3 is 0 Å². The van der Waals surface area contributed by atoms with Crippen molar-refractivity contribution in [1.29, 1.82) is 0 Å². The Kier molecular flexibility index (Phi) is 4.87. The molecule has 0 saturated carbocycles. The Morgan fingerprint density at radius 3 is 2.82 bits per heavy atom. The van der Waals surface area contributed by atoms with E-state index in [0.29, 0.717) is 19.6 Å². The number of hydrogen-bond acceptors (Lipinski definition) is 5. The van der Waals surface area contributed by atoms with E-state index in [9.17, 15) is 4.79 Å². The molecule has 2 aliphatic heterocycles. The molecule has 0 N–H and O–H groups in total. The Hall–Kier alpha value is -2.41. The van der Waals surface area contributed by atoms with Crippen LogP contribution in [0.3, 0.4) is 0 Å². The van der Waals surface area contributed by atoms with Crippen LogP contribution in [0.2, 0.25) is 0 Å². The zero-order valence-electron chi connectivity index (χ0n) is 17.4. The van der Waals surface area contributed by atoms with E-state index in [0.717, 1.165) is 35.6 Å². The lowest BCUT2D eigenvalue weighted by molar-refractivity contribution is -0.00716. The molecule has 0 saturated heterocycles. The van der Waals surface area contributed by atoms with Crippen LogP contribution in [0.25, 0.3) is 0 Å². The van der Waals surface area contributed by atoms with Crippen LogP contribution in [-0.4, -0.2) is 52.3 Å². The number of carbonyl (C=O) groups excluding carboxylic acids is 1. The Morgan fingerprint density at radius 2 is 2.11 bits per heavy atom. The summed E-state index contributed by atoms with van der Waals surface area (Å²) in [5.74, 6) is 1.08. The summed E-state index contributed by atoms with van der Waals surface area (Å²) in [5.41, 5.74) is 5.15. The third-order valence-electron chi connectivity index (χ3n) is 5.73. The molecule has 28 heavy (non-hydrogen) atoms. The van der Waals surface area contributed by atoms with Crippen molar-refractivity contribution in [3.63, 3.8) is 0 Å². The lowest BCUT2D eigenvalue weighted by atomic mass is 9.97. The van der Waals surface area contributed by atoms with Crippen molar-refractivity contribution in [2.24, 2.45) is 0 Å². The second-order valence-corrected chi connectivity index (χ2v) is 7.96. The van der Waals surface area contributed by atoms with Crippen LogP contribution in [0.15, 0.2) is 12.3 Å². The molecule has 0 bridgehead atoms. The van der Waals surface area contributed by atoms with E-state index in [1.165, 1.54) is 11.1 Å². The maximum atomic E-state index is 13.6. The average Bonchev–Trinajstić information content (AvgIpc) is 3.05. The zero-order valence-corrected chi connectivity index (χ0v) is 17.4. The van der Waals surface area contributed by atoms with Crippen molar-refractivity contribution >= 4 is 11.7 Å². The number of ether oxygens (including phenoxy) is 1. The molecule has 0 aromatic carbocycles. The smallest absolute Gasteiger partial charge is 0.272 e. The van der Waals surface area contributed by atoms with Gasteiger partial charge < -0.3 is 14.5 Å². The fraction of sp³-hybridized carbons (Fsp3) is 0.571. The number of aromatic nitrogens is 3. The summed E-state index contributed by atoms with van der Waals surface area (Å²) in [7, 11) is 4.02. The molecule has 2 aliphatic rings. The van der Waals surface area contributed by atoms with Crippen molar-refractivity contribution < 1.29 is 9.53 Å². The van der Waals surface area contributed by atoms with Gasteiger partial charge in [-0.25, -0.2) is 4.98 Å². The lowest BCUT2D eigenvalue weighted by Crippen LogP contribution is -2.38. The van der Waals surface area contributed by atoms with E-state index in [1.54, 1.807) is 0 Å². The average molecular weight is 383 g/mol. The number of anilines is 1. The largest absolute Gasteiger partial charge is 0.369 e. The number of nitrogens with zero attached hydrogens (tertiary/aromatic N) is 5. The topological polar surface area (TPSA) is 63.5 Å². The summed E-state index contributed by atoms with van der Waals surface area (Å²) in [4.78, 5) is 22.1. The van der Waals surface area contributed by atoms with Gasteiger partial charge in [0.1, 0.15) is 11.5 Å². The van der Waals surface area contributed by atoms with Crippen LogP contribution in [0.4, 0.5) is 5.82 Å².